The number of rotatable bonds is 2. The number of aromatic nitrogens is 2. The smallest absolute Gasteiger partial charge is 0.271 e. The molecule has 1 aromatic heterocycles. The minimum Gasteiger partial charge on any atom is -0.493 e. The van der Waals surface area contributed by atoms with E-state index in [4.69, 9.17) is 4.74 Å². The first-order valence-electron chi connectivity index (χ1n) is 8.85. The van der Waals surface area contributed by atoms with E-state index in [1.165, 1.54) is 5.56 Å². The molecule has 2 aliphatic heterocycles. The van der Waals surface area contributed by atoms with Crippen molar-refractivity contribution in [2.45, 2.75) is 19.8 Å². The van der Waals surface area contributed by atoms with Gasteiger partial charge in [0.05, 0.1) is 18.0 Å². The molecule has 4 nitrogen and oxygen atoms in total. The van der Waals surface area contributed by atoms with Crippen LogP contribution in [0.4, 0.5) is 0 Å². The van der Waals surface area contributed by atoms with Crippen LogP contribution in [0.15, 0.2) is 54.6 Å². The molecule has 0 atom stereocenters. The van der Waals surface area contributed by atoms with Crippen molar-refractivity contribution in [1.29, 1.82) is 0 Å². The number of hydrogen-bond donors (Lipinski definition) is 0. The molecule has 0 fully saturated rings. The molecule has 0 spiro atoms. The van der Waals surface area contributed by atoms with E-state index in [2.05, 4.69) is 23.3 Å². The number of ether oxygens (including phenoxy) is 1. The van der Waals surface area contributed by atoms with Crippen LogP contribution in [-0.2, 0) is 12.8 Å². The predicted octanol–water partition coefficient (Wildman–Crippen LogP) is 4.07. The molecular formula is C22H18N2O2. The van der Waals surface area contributed by atoms with E-state index in [9.17, 15) is 4.79 Å². The Hall–Kier alpha value is -3.14. The van der Waals surface area contributed by atoms with Gasteiger partial charge in [-0.2, -0.15) is 5.10 Å². The van der Waals surface area contributed by atoms with Crippen molar-refractivity contribution in [3.63, 3.8) is 0 Å². The van der Waals surface area contributed by atoms with Crippen molar-refractivity contribution in [3.05, 3.63) is 77.1 Å². The monoisotopic (exact) mass is 342 g/mol. The summed E-state index contributed by atoms with van der Waals surface area (Å²) < 4.78 is 7.15. The van der Waals surface area contributed by atoms with Gasteiger partial charge in [0, 0.05) is 24.5 Å². The summed E-state index contributed by atoms with van der Waals surface area (Å²) in [4.78, 5) is 12.7. The normalized spacial score (nSPS) is 15.3. The maximum atomic E-state index is 12.7. The van der Waals surface area contributed by atoms with Gasteiger partial charge in [-0.05, 0) is 41.3 Å². The molecule has 0 saturated heterocycles. The Bertz CT molecular complexity index is 1060. The third kappa shape index (κ3) is 2.30. The average Bonchev–Trinajstić information content (AvgIpc) is 3.25. The zero-order chi connectivity index (χ0) is 17.7. The molecule has 0 unspecified atom stereocenters. The molecule has 128 valence electrons. The van der Waals surface area contributed by atoms with Crippen molar-refractivity contribution in [3.8, 4) is 16.9 Å². The van der Waals surface area contributed by atoms with Gasteiger partial charge in [0.15, 0.2) is 0 Å². The maximum Gasteiger partial charge on any atom is 0.271 e. The Morgan fingerprint density at radius 2 is 1.92 bits per heavy atom. The Kier molecular flexibility index (Phi) is 3.32. The molecule has 2 aliphatic rings. The number of nitrogens with zero attached hydrogens (tertiary/aromatic N) is 2. The number of fused-ring (bicyclic) bond motifs is 2. The van der Waals surface area contributed by atoms with E-state index in [1.54, 1.807) is 10.8 Å². The topological polar surface area (TPSA) is 44.1 Å². The van der Waals surface area contributed by atoms with Crippen molar-refractivity contribution in [1.82, 2.24) is 9.78 Å². The van der Waals surface area contributed by atoms with Crippen molar-refractivity contribution >= 4 is 11.5 Å². The second-order valence-electron chi connectivity index (χ2n) is 6.79. The molecule has 3 aromatic rings. The lowest BCUT2D eigenvalue weighted by Gasteiger charge is -2.16. The highest BCUT2D eigenvalue weighted by Gasteiger charge is 2.26. The van der Waals surface area contributed by atoms with Crippen molar-refractivity contribution in [2.24, 2.45) is 0 Å². The quantitative estimate of drug-likeness (QED) is 0.705. The molecule has 4 heteroatoms. The summed E-state index contributed by atoms with van der Waals surface area (Å²) in [6, 6.07) is 16.4. The first kappa shape index (κ1) is 15.1. The van der Waals surface area contributed by atoms with Gasteiger partial charge in [0.1, 0.15) is 5.75 Å². The highest BCUT2D eigenvalue weighted by Crippen LogP contribution is 2.35. The van der Waals surface area contributed by atoms with Gasteiger partial charge in [-0.1, -0.05) is 36.4 Å². The number of hydrogen-bond acceptors (Lipinski definition) is 3. The van der Waals surface area contributed by atoms with Crippen LogP contribution >= 0.6 is 0 Å². The molecule has 2 aromatic carbocycles. The Balaban J connectivity index is 1.60. The van der Waals surface area contributed by atoms with Crippen LogP contribution in [0.3, 0.4) is 0 Å². The largest absolute Gasteiger partial charge is 0.493 e. The van der Waals surface area contributed by atoms with Gasteiger partial charge >= 0.3 is 0 Å². The number of aryl methyl sites for hydroxylation is 1. The van der Waals surface area contributed by atoms with E-state index in [1.807, 2.05) is 37.3 Å². The lowest BCUT2D eigenvalue weighted by molar-refractivity contribution is 0.0948. The molecule has 0 N–H and O–H groups in total. The van der Waals surface area contributed by atoms with Crippen LogP contribution in [0, 0.1) is 6.92 Å². The molecule has 0 aliphatic carbocycles. The zero-order valence-electron chi connectivity index (χ0n) is 14.5. The maximum absolute atomic E-state index is 12.7. The highest BCUT2D eigenvalue weighted by atomic mass is 16.5. The van der Waals surface area contributed by atoms with Crippen LogP contribution in [0.5, 0.6) is 5.75 Å². The van der Waals surface area contributed by atoms with Crippen molar-refractivity contribution < 1.29 is 9.53 Å². The summed E-state index contributed by atoms with van der Waals surface area (Å²) in [5.74, 6) is 0.880. The fourth-order valence-electron chi connectivity index (χ4n) is 3.91. The van der Waals surface area contributed by atoms with Gasteiger partial charge in [-0.15, -0.1) is 0 Å². The number of allylic oxidation sites excluding steroid dienone is 2. The Morgan fingerprint density at radius 1 is 1.08 bits per heavy atom. The second-order valence-corrected chi connectivity index (χ2v) is 6.79. The lowest BCUT2D eigenvalue weighted by Crippen LogP contribution is -2.19. The number of carbonyl (C=O) groups excluding carboxylic acids is 1. The third-order valence-electron chi connectivity index (χ3n) is 5.14. The van der Waals surface area contributed by atoms with Crippen LogP contribution < -0.4 is 4.74 Å². The van der Waals surface area contributed by atoms with Gasteiger partial charge in [-0.3, -0.25) is 4.79 Å². The molecule has 0 amide bonds. The molecule has 0 saturated carbocycles. The molecular weight excluding hydrogens is 324 g/mol. The third-order valence-corrected chi connectivity index (χ3v) is 5.14. The summed E-state index contributed by atoms with van der Waals surface area (Å²) in [7, 11) is 0. The fourth-order valence-corrected chi connectivity index (χ4v) is 3.91. The van der Waals surface area contributed by atoms with Gasteiger partial charge in [-0.25, -0.2) is 4.68 Å². The molecule has 26 heavy (non-hydrogen) atoms. The van der Waals surface area contributed by atoms with E-state index in [0.29, 0.717) is 6.42 Å². The standard InChI is InChI=1S/C22H18N2O2/c1-14-22(15-5-3-2-4-6-15)19-12-18(13-21(25)24(19)23-14)16-7-8-20-17(11-16)9-10-26-20/h2-8,11,13H,9-10,12H2,1H3. The molecule has 5 rings (SSSR count). The summed E-state index contributed by atoms with van der Waals surface area (Å²) in [6.07, 6.45) is 3.33. The summed E-state index contributed by atoms with van der Waals surface area (Å²) in [5.41, 5.74) is 7.36. The summed E-state index contributed by atoms with van der Waals surface area (Å²) >= 11 is 0. The van der Waals surface area contributed by atoms with Gasteiger partial charge in [0.25, 0.3) is 5.91 Å². The van der Waals surface area contributed by atoms with Crippen LogP contribution in [0.1, 0.15) is 27.3 Å². The first-order chi connectivity index (χ1) is 12.7. The minimum absolute atomic E-state index is 0.0803. The van der Waals surface area contributed by atoms with E-state index >= 15 is 0 Å². The van der Waals surface area contributed by atoms with E-state index < -0.39 is 0 Å². The number of benzene rings is 2. The predicted molar refractivity (Wildman–Crippen MR) is 100 cm³/mol. The average molecular weight is 342 g/mol. The summed E-state index contributed by atoms with van der Waals surface area (Å²) in [5, 5.41) is 4.50. The van der Waals surface area contributed by atoms with E-state index in [0.717, 1.165) is 52.4 Å². The summed E-state index contributed by atoms with van der Waals surface area (Å²) in [6.45, 7) is 2.70. The van der Waals surface area contributed by atoms with Crippen LogP contribution in [0.25, 0.3) is 16.7 Å². The Labute approximate surface area is 151 Å². The SMILES string of the molecule is Cc1nn2c(c1-c1ccccc1)CC(c1ccc3c(c1)CCO3)=CC2=O. The Morgan fingerprint density at radius 3 is 2.77 bits per heavy atom. The fraction of sp³-hybridized carbons (Fsp3) is 0.182. The molecule has 3 heterocycles. The first-order valence-corrected chi connectivity index (χ1v) is 8.85. The van der Waals surface area contributed by atoms with Crippen LogP contribution in [-0.4, -0.2) is 22.3 Å². The zero-order valence-corrected chi connectivity index (χ0v) is 14.5. The molecule has 0 bridgehead atoms. The van der Waals surface area contributed by atoms with Crippen molar-refractivity contribution in [2.75, 3.05) is 6.61 Å². The highest BCUT2D eigenvalue weighted by molar-refractivity contribution is 6.00. The molecule has 0 radical (unpaired) electrons. The van der Waals surface area contributed by atoms with Gasteiger partial charge in [0.2, 0.25) is 0 Å². The second kappa shape index (κ2) is 5.70. The number of carbonyl (C=O) groups is 1. The van der Waals surface area contributed by atoms with Crippen LogP contribution in [0.2, 0.25) is 0 Å². The van der Waals surface area contributed by atoms with E-state index in [-0.39, 0.29) is 5.91 Å². The lowest BCUT2D eigenvalue weighted by atomic mass is 9.92. The minimum atomic E-state index is -0.0803. The van der Waals surface area contributed by atoms with Gasteiger partial charge < -0.3 is 4.74 Å².